The average molecular weight is 643 g/mol. The van der Waals surface area contributed by atoms with Gasteiger partial charge < -0.3 is 25.0 Å². The number of nitrogens with one attached hydrogen (secondary N) is 2. The molecule has 0 aliphatic carbocycles. The van der Waals surface area contributed by atoms with Gasteiger partial charge in [0.25, 0.3) is 0 Å². The number of benzene rings is 2. The number of hydrogen-bond acceptors (Lipinski definition) is 8. The molecule has 0 spiro atoms. The number of likely N-dealkylation sites (N-methyl/N-ethyl adjacent to an activating group) is 1. The van der Waals surface area contributed by atoms with Crippen LogP contribution in [0.3, 0.4) is 0 Å². The van der Waals surface area contributed by atoms with E-state index in [1.54, 1.807) is 24.3 Å². The van der Waals surface area contributed by atoms with E-state index in [1.165, 1.54) is 0 Å². The van der Waals surface area contributed by atoms with Gasteiger partial charge in [0, 0.05) is 41.1 Å². The highest BCUT2D eigenvalue weighted by atomic mass is 35.5. The van der Waals surface area contributed by atoms with Gasteiger partial charge in [-0.2, -0.15) is 5.26 Å². The number of ether oxygens (including phenoxy) is 2. The molecule has 0 saturated heterocycles. The van der Waals surface area contributed by atoms with E-state index in [2.05, 4.69) is 66.7 Å². The summed E-state index contributed by atoms with van der Waals surface area (Å²) in [7, 11) is 4.11. The van der Waals surface area contributed by atoms with Crippen LogP contribution in [0.1, 0.15) is 63.1 Å². The zero-order chi connectivity index (χ0) is 33.6. The molecule has 0 bridgehead atoms. The third kappa shape index (κ3) is 9.67. The standard InChI is InChI=1S/C30H30ClN5O3.C6H13N/c1-5-24-22(14-32)30(21-12-27(34-17-37)29(38-6-2)13-26(21)36-24)35-20-8-10-28(23(31)11-20)39-16-19-7-9-25(18(3)4)33-15-19;1-4-5-6-7(2)3/h7-13,15,17-18H,5-6,16H2,1-4H3,(H,34,37)(H,35,36);4-5H,6H2,1-3H3/b;5-4+. The Morgan fingerprint density at radius 1 is 1.09 bits per heavy atom. The predicted octanol–water partition coefficient (Wildman–Crippen LogP) is 8.25. The van der Waals surface area contributed by atoms with E-state index in [1.807, 2.05) is 45.2 Å². The molecule has 0 aliphatic rings. The molecule has 0 saturated carbocycles. The Balaban J connectivity index is 0.000000738. The number of nitrogens with zero attached hydrogens (tertiary/aromatic N) is 4. The summed E-state index contributed by atoms with van der Waals surface area (Å²) in [6.45, 7) is 11.9. The molecule has 2 N–H and O–H groups in total. The van der Waals surface area contributed by atoms with Gasteiger partial charge in [-0.1, -0.05) is 50.6 Å². The number of aromatic nitrogens is 2. The van der Waals surface area contributed by atoms with Gasteiger partial charge in [0.2, 0.25) is 6.41 Å². The number of fused-ring (bicyclic) bond motifs is 1. The Kier molecular flexibility index (Phi) is 13.8. The van der Waals surface area contributed by atoms with Crippen LogP contribution in [-0.4, -0.2) is 48.5 Å². The molecular formula is C36H43ClN6O3. The number of aryl methyl sites for hydroxylation is 1. The molecular weight excluding hydrogens is 600 g/mol. The van der Waals surface area contributed by atoms with E-state index in [9.17, 15) is 10.1 Å². The molecule has 0 unspecified atom stereocenters. The molecule has 2 heterocycles. The lowest BCUT2D eigenvalue weighted by molar-refractivity contribution is -0.105. The second-order valence-corrected chi connectivity index (χ2v) is 11.4. The summed E-state index contributed by atoms with van der Waals surface area (Å²) in [5, 5.41) is 17.1. The summed E-state index contributed by atoms with van der Waals surface area (Å²) in [6.07, 6.45) is 7.14. The first-order valence-corrected chi connectivity index (χ1v) is 15.7. The minimum absolute atomic E-state index is 0.333. The number of allylic oxidation sites excluding steroid dienone is 1. The zero-order valence-corrected chi connectivity index (χ0v) is 28.4. The van der Waals surface area contributed by atoms with Gasteiger partial charge in [0.05, 0.1) is 39.8 Å². The molecule has 0 radical (unpaired) electrons. The maximum Gasteiger partial charge on any atom is 0.211 e. The average Bonchev–Trinajstić information content (AvgIpc) is 3.04. The monoisotopic (exact) mass is 642 g/mol. The van der Waals surface area contributed by atoms with Gasteiger partial charge >= 0.3 is 0 Å². The summed E-state index contributed by atoms with van der Waals surface area (Å²) in [6, 6.07) is 15.2. The fourth-order valence-corrected chi connectivity index (χ4v) is 4.71. The number of halogens is 1. The summed E-state index contributed by atoms with van der Waals surface area (Å²) in [5.41, 5.74) is 5.39. The lowest BCUT2D eigenvalue weighted by Gasteiger charge is -2.17. The topological polar surface area (TPSA) is 112 Å². The van der Waals surface area contributed by atoms with Gasteiger partial charge in [0.1, 0.15) is 24.2 Å². The Labute approximate surface area is 277 Å². The van der Waals surface area contributed by atoms with Crippen molar-refractivity contribution in [3.8, 4) is 17.6 Å². The maximum atomic E-state index is 11.2. The molecule has 2 aromatic heterocycles. The Morgan fingerprint density at radius 3 is 2.41 bits per heavy atom. The number of anilines is 3. The van der Waals surface area contributed by atoms with Gasteiger partial charge in [-0.05, 0) is 70.6 Å². The van der Waals surface area contributed by atoms with Crippen LogP contribution >= 0.6 is 11.6 Å². The zero-order valence-electron chi connectivity index (χ0n) is 27.6. The Bertz CT molecular complexity index is 1680. The summed E-state index contributed by atoms with van der Waals surface area (Å²) in [4.78, 5) is 22.5. The largest absolute Gasteiger partial charge is 0.492 e. The van der Waals surface area contributed by atoms with E-state index in [0.717, 1.165) is 17.8 Å². The number of nitriles is 1. The van der Waals surface area contributed by atoms with Crippen molar-refractivity contribution in [2.45, 2.75) is 53.6 Å². The van der Waals surface area contributed by atoms with Crippen LogP contribution in [0.15, 0.2) is 60.8 Å². The van der Waals surface area contributed by atoms with Crippen molar-refractivity contribution in [1.29, 1.82) is 5.26 Å². The van der Waals surface area contributed by atoms with E-state index in [-0.39, 0.29) is 0 Å². The quantitative estimate of drug-likeness (QED) is 0.111. The van der Waals surface area contributed by atoms with Gasteiger partial charge in [-0.25, -0.2) is 0 Å². The Morgan fingerprint density at radius 2 is 1.87 bits per heavy atom. The first kappa shape index (κ1) is 35.8. The molecule has 1 amide bonds. The van der Waals surface area contributed by atoms with Crippen molar-refractivity contribution in [1.82, 2.24) is 14.9 Å². The van der Waals surface area contributed by atoms with Crippen molar-refractivity contribution < 1.29 is 14.3 Å². The molecule has 0 aliphatic heterocycles. The fraction of sp³-hybridized carbons (Fsp3) is 0.333. The molecule has 242 valence electrons. The number of amides is 1. The van der Waals surface area contributed by atoms with Crippen LogP contribution in [0.4, 0.5) is 17.1 Å². The first-order valence-electron chi connectivity index (χ1n) is 15.3. The van der Waals surface area contributed by atoms with Crippen molar-refractivity contribution in [2.75, 3.05) is 37.9 Å². The van der Waals surface area contributed by atoms with Crippen molar-refractivity contribution >= 4 is 46.0 Å². The molecule has 0 atom stereocenters. The minimum atomic E-state index is 0.333. The summed E-state index contributed by atoms with van der Waals surface area (Å²) >= 11 is 6.58. The lowest BCUT2D eigenvalue weighted by Crippen LogP contribution is -2.10. The molecule has 10 heteroatoms. The van der Waals surface area contributed by atoms with Gasteiger partial charge in [0.15, 0.2) is 0 Å². The smallest absolute Gasteiger partial charge is 0.211 e. The van der Waals surface area contributed by atoms with Gasteiger partial charge in [-0.3, -0.25) is 14.8 Å². The van der Waals surface area contributed by atoms with Crippen LogP contribution in [0.5, 0.6) is 11.5 Å². The van der Waals surface area contributed by atoms with Crippen LogP contribution < -0.4 is 20.1 Å². The molecule has 2 aromatic carbocycles. The van der Waals surface area contributed by atoms with Crippen molar-refractivity contribution in [3.05, 3.63) is 88.4 Å². The van der Waals surface area contributed by atoms with Crippen molar-refractivity contribution in [2.24, 2.45) is 0 Å². The van der Waals surface area contributed by atoms with Crippen LogP contribution in [0.25, 0.3) is 10.9 Å². The van der Waals surface area contributed by atoms with Crippen LogP contribution in [0.2, 0.25) is 5.02 Å². The second-order valence-electron chi connectivity index (χ2n) is 11.0. The highest BCUT2D eigenvalue weighted by Gasteiger charge is 2.18. The van der Waals surface area contributed by atoms with E-state index >= 15 is 0 Å². The minimum Gasteiger partial charge on any atom is -0.492 e. The molecule has 0 fully saturated rings. The van der Waals surface area contributed by atoms with Crippen LogP contribution in [0, 0.1) is 11.3 Å². The number of carbonyl (C=O) groups excluding carboxylic acids is 1. The molecule has 46 heavy (non-hydrogen) atoms. The third-order valence-electron chi connectivity index (χ3n) is 6.86. The first-order chi connectivity index (χ1) is 22.1. The summed E-state index contributed by atoms with van der Waals surface area (Å²) < 4.78 is 11.6. The Hall–Kier alpha value is -4.65. The normalized spacial score (nSPS) is 10.9. The second kappa shape index (κ2) is 17.7. The number of carbonyl (C=O) groups is 1. The van der Waals surface area contributed by atoms with Gasteiger partial charge in [-0.15, -0.1) is 0 Å². The van der Waals surface area contributed by atoms with E-state index in [4.69, 9.17) is 26.1 Å². The molecule has 4 rings (SSSR count). The third-order valence-corrected chi connectivity index (χ3v) is 7.16. The van der Waals surface area contributed by atoms with E-state index in [0.29, 0.717) is 87.7 Å². The number of rotatable bonds is 13. The molecule has 9 nitrogen and oxygen atoms in total. The predicted molar refractivity (Wildman–Crippen MR) is 187 cm³/mol. The summed E-state index contributed by atoms with van der Waals surface area (Å²) in [5.74, 6) is 1.39. The van der Waals surface area contributed by atoms with E-state index < -0.39 is 0 Å². The fourth-order valence-electron chi connectivity index (χ4n) is 4.48. The number of hydrogen-bond donors (Lipinski definition) is 2. The van der Waals surface area contributed by atoms with Crippen LogP contribution in [-0.2, 0) is 17.8 Å². The SMILES string of the molecule is C/C=C/CN(C)C.CCOc1cc2nc(CC)c(C#N)c(Nc3ccc(OCc4ccc(C(C)C)nc4)c(Cl)c3)c2cc1NC=O. The highest BCUT2D eigenvalue weighted by molar-refractivity contribution is 6.32. The lowest BCUT2D eigenvalue weighted by atomic mass is 10.0. The molecule has 4 aromatic rings. The maximum absolute atomic E-state index is 11.2. The van der Waals surface area contributed by atoms with Crippen molar-refractivity contribution in [3.63, 3.8) is 0 Å². The highest BCUT2D eigenvalue weighted by Crippen LogP contribution is 2.38. The number of pyridine rings is 2.